The highest BCUT2D eigenvalue weighted by molar-refractivity contribution is 7.99. The lowest BCUT2D eigenvalue weighted by Gasteiger charge is -2.26. The van der Waals surface area contributed by atoms with Gasteiger partial charge in [0.1, 0.15) is 0 Å². The molecule has 2 rings (SSSR count). The first kappa shape index (κ1) is 16.2. The highest BCUT2D eigenvalue weighted by Crippen LogP contribution is 2.24. The predicted molar refractivity (Wildman–Crippen MR) is 88.6 cm³/mol. The molecule has 1 saturated heterocycles. The van der Waals surface area contributed by atoms with E-state index in [4.69, 9.17) is 11.6 Å². The molecule has 1 aromatic rings. The highest BCUT2D eigenvalue weighted by Gasteiger charge is 2.20. The maximum atomic E-state index is 10.4. The minimum atomic E-state index is -0.419. The first-order chi connectivity index (χ1) is 9.69. The topological polar surface area (TPSA) is 23.5 Å². The monoisotopic (exact) mass is 313 g/mol. The number of aliphatic hydroxyl groups excluding tert-OH is 1. The Hall–Kier alpha value is -0.220. The summed E-state index contributed by atoms with van der Waals surface area (Å²) in [6.45, 7) is 5.15. The summed E-state index contributed by atoms with van der Waals surface area (Å²) in [5.74, 6) is 1.18. The lowest BCUT2D eigenvalue weighted by Crippen LogP contribution is -2.33. The van der Waals surface area contributed by atoms with E-state index < -0.39 is 6.10 Å². The summed E-state index contributed by atoms with van der Waals surface area (Å²) in [6.07, 6.45) is 3.45. The van der Waals surface area contributed by atoms with E-state index in [-0.39, 0.29) is 0 Å². The average molecular weight is 314 g/mol. The molecule has 0 radical (unpaired) electrons. The van der Waals surface area contributed by atoms with Crippen molar-refractivity contribution >= 4 is 23.4 Å². The third-order valence-corrected chi connectivity index (χ3v) is 5.24. The fraction of sp³-hybridized carbons (Fsp3) is 0.625. The van der Waals surface area contributed by atoms with E-state index in [0.29, 0.717) is 0 Å². The second-order valence-corrected chi connectivity index (χ2v) is 7.41. The summed E-state index contributed by atoms with van der Waals surface area (Å²) in [6, 6.07) is 7.53. The standard InChI is InChI=1S/C16H24ClNOS/c1-2-20-15-5-3-4-10-18(11-15)12-16(19)13-6-8-14(17)9-7-13/h6-9,15-16,19H,2-5,10-12H2,1H3/t15-,16-/m1/s1. The van der Waals surface area contributed by atoms with Crippen molar-refractivity contribution in [1.82, 2.24) is 4.90 Å². The van der Waals surface area contributed by atoms with E-state index >= 15 is 0 Å². The van der Waals surface area contributed by atoms with E-state index in [1.165, 1.54) is 25.0 Å². The molecule has 112 valence electrons. The molecule has 1 fully saturated rings. The van der Waals surface area contributed by atoms with Gasteiger partial charge in [-0.15, -0.1) is 0 Å². The maximum Gasteiger partial charge on any atom is 0.0916 e. The second kappa shape index (κ2) is 8.28. The Morgan fingerprint density at radius 2 is 2.10 bits per heavy atom. The third kappa shape index (κ3) is 4.96. The number of likely N-dealkylation sites (tertiary alicyclic amines) is 1. The summed E-state index contributed by atoms with van der Waals surface area (Å²) in [4.78, 5) is 2.42. The molecule has 1 aromatic carbocycles. The molecule has 1 aliphatic heterocycles. The largest absolute Gasteiger partial charge is 0.387 e. The number of rotatable bonds is 5. The van der Waals surface area contributed by atoms with Gasteiger partial charge < -0.3 is 5.11 Å². The van der Waals surface area contributed by atoms with Crippen molar-refractivity contribution in [3.8, 4) is 0 Å². The Labute approximate surface area is 131 Å². The van der Waals surface area contributed by atoms with Gasteiger partial charge in [0, 0.05) is 23.4 Å². The summed E-state index contributed by atoms with van der Waals surface area (Å²) in [5.41, 5.74) is 0.957. The van der Waals surface area contributed by atoms with Gasteiger partial charge in [0.25, 0.3) is 0 Å². The molecular formula is C16H24ClNOS. The number of hydrogen-bond donors (Lipinski definition) is 1. The van der Waals surface area contributed by atoms with Crippen LogP contribution in [0.25, 0.3) is 0 Å². The molecule has 1 aliphatic rings. The van der Waals surface area contributed by atoms with Gasteiger partial charge in [0.15, 0.2) is 0 Å². The number of benzene rings is 1. The lowest BCUT2D eigenvalue weighted by atomic mass is 10.1. The Balaban J connectivity index is 1.91. The van der Waals surface area contributed by atoms with Crippen molar-refractivity contribution in [1.29, 1.82) is 0 Å². The van der Waals surface area contributed by atoms with Crippen LogP contribution in [-0.4, -0.2) is 40.6 Å². The molecule has 1 N–H and O–H groups in total. The molecule has 0 saturated carbocycles. The van der Waals surface area contributed by atoms with Crippen LogP contribution in [0.2, 0.25) is 5.02 Å². The van der Waals surface area contributed by atoms with Gasteiger partial charge in [0.2, 0.25) is 0 Å². The van der Waals surface area contributed by atoms with E-state index in [2.05, 4.69) is 23.6 Å². The molecule has 1 heterocycles. The Morgan fingerprint density at radius 1 is 1.35 bits per heavy atom. The molecule has 0 amide bonds. The lowest BCUT2D eigenvalue weighted by molar-refractivity contribution is 0.116. The van der Waals surface area contributed by atoms with Gasteiger partial charge in [-0.1, -0.05) is 37.1 Å². The normalized spacial score (nSPS) is 22.4. The average Bonchev–Trinajstić information content (AvgIpc) is 2.65. The molecule has 0 bridgehead atoms. The van der Waals surface area contributed by atoms with Crippen molar-refractivity contribution in [3.05, 3.63) is 34.9 Å². The molecule has 0 aromatic heterocycles. The van der Waals surface area contributed by atoms with Crippen molar-refractivity contribution in [2.45, 2.75) is 37.5 Å². The molecular weight excluding hydrogens is 290 g/mol. The summed E-state index contributed by atoms with van der Waals surface area (Å²) in [7, 11) is 0. The van der Waals surface area contributed by atoms with Crippen LogP contribution < -0.4 is 0 Å². The van der Waals surface area contributed by atoms with Crippen LogP contribution in [0.3, 0.4) is 0 Å². The van der Waals surface area contributed by atoms with Crippen molar-refractivity contribution in [2.24, 2.45) is 0 Å². The number of aliphatic hydroxyl groups is 1. The number of β-amino-alcohol motifs (C(OH)–C–C–N with tert-alkyl or cyclic N) is 1. The first-order valence-electron chi connectivity index (χ1n) is 7.46. The maximum absolute atomic E-state index is 10.4. The van der Waals surface area contributed by atoms with Crippen molar-refractivity contribution in [3.63, 3.8) is 0 Å². The number of nitrogens with zero attached hydrogens (tertiary/aromatic N) is 1. The summed E-state index contributed by atoms with van der Waals surface area (Å²) >= 11 is 7.94. The molecule has 0 unspecified atom stereocenters. The zero-order chi connectivity index (χ0) is 14.4. The quantitative estimate of drug-likeness (QED) is 0.889. The zero-order valence-corrected chi connectivity index (χ0v) is 13.7. The predicted octanol–water partition coefficient (Wildman–Crippen LogP) is 3.98. The first-order valence-corrected chi connectivity index (χ1v) is 8.89. The Kier molecular flexibility index (Phi) is 6.69. The van der Waals surface area contributed by atoms with Crippen LogP contribution in [0, 0.1) is 0 Å². The fourth-order valence-corrected chi connectivity index (χ4v) is 4.00. The molecule has 20 heavy (non-hydrogen) atoms. The van der Waals surface area contributed by atoms with E-state index in [1.807, 2.05) is 24.3 Å². The molecule has 2 atom stereocenters. The second-order valence-electron chi connectivity index (χ2n) is 5.40. The van der Waals surface area contributed by atoms with Gasteiger partial charge in [-0.3, -0.25) is 4.90 Å². The molecule has 4 heteroatoms. The van der Waals surface area contributed by atoms with E-state index in [0.717, 1.165) is 35.5 Å². The van der Waals surface area contributed by atoms with Gasteiger partial charge >= 0.3 is 0 Å². The van der Waals surface area contributed by atoms with Gasteiger partial charge in [-0.05, 0) is 42.8 Å². The van der Waals surface area contributed by atoms with Gasteiger partial charge in [0.05, 0.1) is 6.10 Å². The molecule has 0 aliphatic carbocycles. The SMILES string of the molecule is CCS[C@@H]1CCCCN(C[C@@H](O)c2ccc(Cl)cc2)C1. The van der Waals surface area contributed by atoms with Crippen molar-refractivity contribution in [2.75, 3.05) is 25.4 Å². The van der Waals surface area contributed by atoms with E-state index in [9.17, 15) is 5.11 Å². The van der Waals surface area contributed by atoms with Crippen LogP contribution in [-0.2, 0) is 0 Å². The number of hydrogen-bond acceptors (Lipinski definition) is 3. The van der Waals surface area contributed by atoms with Gasteiger partial charge in [-0.2, -0.15) is 11.8 Å². The van der Waals surface area contributed by atoms with Crippen LogP contribution >= 0.6 is 23.4 Å². The number of thioether (sulfide) groups is 1. The zero-order valence-electron chi connectivity index (χ0n) is 12.1. The van der Waals surface area contributed by atoms with Crippen LogP contribution in [0.1, 0.15) is 37.9 Å². The Bertz CT molecular complexity index is 398. The van der Waals surface area contributed by atoms with Crippen LogP contribution in [0.4, 0.5) is 0 Å². The fourth-order valence-electron chi connectivity index (χ4n) is 2.75. The van der Waals surface area contributed by atoms with Crippen LogP contribution in [0.15, 0.2) is 24.3 Å². The van der Waals surface area contributed by atoms with Gasteiger partial charge in [-0.25, -0.2) is 0 Å². The smallest absolute Gasteiger partial charge is 0.0916 e. The third-order valence-electron chi connectivity index (χ3n) is 3.80. The van der Waals surface area contributed by atoms with E-state index in [1.54, 1.807) is 0 Å². The highest BCUT2D eigenvalue weighted by atomic mass is 35.5. The minimum Gasteiger partial charge on any atom is -0.387 e. The van der Waals surface area contributed by atoms with Crippen molar-refractivity contribution < 1.29 is 5.11 Å². The molecule has 2 nitrogen and oxygen atoms in total. The molecule has 0 spiro atoms. The summed E-state index contributed by atoms with van der Waals surface area (Å²) < 4.78 is 0. The number of halogens is 1. The minimum absolute atomic E-state index is 0.419. The Morgan fingerprint density at radius 3 is 2.80 bits per heavy atom. The summed E-state index contributed by atoms with van der Waals surface area (Å²) in [5, 5.41) is 11.8. The van der Waals surface area contributed by atoms with Crippen LogP contribution in [0.5, 0.6) is 0 Å².